The third kappa shape index (κ3) is 4.42. The Kier molecular flexibility index (Phi) is 5.30. The largest absolute Gasteiger partial charge is 0.523 e. The maximum atomic E-state index is 12.6. The Morgan fingerprint density at radius 2 is 1.45 bits per heavy atom. The first kappa shape index (κ1) is 22.4. The summed E-state index contributed by atoms with van der Waals surface area (Å²) in [5.41, 5.74) is -8.69. The maximum Gasteiger partial charge on any atom is 0.523 e. The lowest BCUT2D eigenvalue weighted by atomic mass is 9.44. The molecule has 2 unspecified atom stereocenters. The van der Waals surface area contributed by atoms with Crippen LogP contribution in [0, 0.1) is 22.7 Å². The van der Waals surface area contributed by atoms with E-state index in [0.717, 1.165) is 6.42 Å². The third-order valence-electron chi connectivity index (χ3n) is 6.21. The first-order valence-electron chi connectivity index (χ1n) is 8.96. The molecule has 0 aromatic rings. The molecule has 166 valence electrons. The number of carbonyl (C=O) groups is 1. The van der Waals surface area contributed by atoms with Crippen molar-refractivity contribution in [3.63, 3.8) is 0 Å². The highest BCUT2D eigenvalue weighted by Gasteiger charge is 2.59. The van der Waals surface area contributed by atoms with Gasteiger partial charge < -0.3 is 4.74 Å². The predicted molar refractivity (Wildman–Crippen MR) is 86.6 cm³/mol. The van der Waals surface area contributed by atoms with Crippen LogP contribution in [0.25, 0.3) is 0 Å². The SMILES string of the molecule is C=C(C(=O)OCC12CC3CC(C1)CC(COS(=O)(=O)C(F)(F)F)(C3)C2)C(F)(F)F. The lowest BCUT2D eigenvalue weighted by Gasteiger charge is -2.61. The fourth-order valence-electron chi connectivity index (χ4n) is 5.68. The van der Waals surface area contributed by atoms with E-state index in [4.69, 9.17) is 4.74 Å². The van der Waals surface area contributed by atoms with Crippen molar-refractivity contribution < 1.29 is 48.5 Å². The van der Waals surface area contributed by atoms with Gasteiger partial charge in [-0.1, -0.05) is 6.58 Å². The number of ether oxygens (including phenoxy) is 1. The van der Waals surface area contributed by atoms with E-state index in [9.17, 15) is 39.6 Å². The number of esters is 1. The first-order valence-corrected chi connectivity index (χ1v) is 10.4. The number of hydrogen-bond acceptors (Lipinski definition) is 5. The summed E-state index contributed by atoms with van der Waals surface area (Å²) in [6.45, 7) is 1.73. The number of rotatable bonds is 6. The van der Waals surface area contributed by atoms with Gasteiger partial charge in [-0.25, -0.2) is 4.79 Å². The maximum absolute atomic E-state index is 12.6. The molecule has 4 fully saturated rings. The Balaban J connectivity index is 1.71. The molecule has 0 radical (unpaired) electrons. The quantitative estimate of drug-likeness (QED) is 0.200. The van der Waals surface area contributed by atoms with E-state index in [1.54, 1.807) is 0 Å². The van der Waals surface area contributed by atoms with Gasteiger partial charge in [0, 0.05) is 5.41 Å². The summed E-state index contributed by atoms with van der Waals surface area (Å²) < 4.78 is 107. The van der Waals surface area contributed by atoms with Crippen LogP contribution in [-0.2, 0) is 23.8 Å². The van der Waals surface area contributed by atoms with Gasteiger partial charge in [-0.3, -0.25) is 4.18 Å². The molecule has 0 spiro atoms. The van der Waals surface area contributed by atoms with Crippen molar-refractivity contribution in [2.45, 2.75) is 50.2 Å². The summed E-state index contributed by atoms with van der Waals surface area (Å²) in [4.78, 5) is 11.7. The Hall–Kier alpha value is -1.30. The van der Waals surface area contributed by atoms with Crippen molar-refractivity contribution in [1.29, 1.82) is 0 Å². The molecule has 0 aliphatic heterocycles. The van der Waals surface area contributed by atoms with E-state index in [0.29, 0.717) is 25.7 Å². The van der Waals surface area contributed by atoms with E-state index in [2.05, 4.69) is 10.8 Å². The topological polar surface area (TPSA) is 69.7 Å². The fourth-order valence-corrected chi connectivity index (χ4v) is 6.22. The Bertz CT molecular complexity index is 786. The molecule has 0 heterocycles. The lowest BCUT2D eigenvalue weighted by molar-refractivity contribution is -0.171. The van der Waals surface area contributed by atoms with Crippen molar-refractivity contribution >= 4 is 16.1 Å². The summed E-state index contributed by atoms with van der Waals surface area (Å²) in [6.07, 6.45) is -1.82. The van der Waals surface area contributed by atoms with Crippen LogP contribution in [0.15, 0.2) is 12.2 Å². The van der Waals surface area contributed by atoms with Crippen LogP contribution in [-0.4, -0.2) is 39.3 Å². The number of carbonyl (C=O) groups excluding carboxylic acids is 1. The molecule has 4 bridgehead atoms. The van der Waals surface area contributed by atoms with Gasteiger partial charge in [-0.2, -0.15) is 34.8 Å². The molecule has 29 heavy (non-hydrogen) atoms. The zero-order chi connectivity index (χ0) is 21.9. The molecule has 0 amide bonds. The van der Waals surface area contributed by atoms with E-state index >= 15 is 0 Å². The summed E-state index contributed by atoms with van der Waals surface area (Å²) in [7, 11) is -5.74. The standard InChI is InChI=1S/C17H20F6O5S/c1-10(16(18,19)20)13(24)27-8-14-3-11-2-12(4-14)6-15(5-11,7-14)9-28-29(25,26)17(21,22)23/h11-12H,1-9H2. The van der Waals surface area contributed by atoms with Gasteiger partial charge in [0.05, 0.1) is 13.2 Å². The highest BCUT2D eigenvalue weighted by molar-refractivity contribution is 7.87. The summed E-state index contributed by atoms with van der Waals surface area (Å²) in [5.74, 6) is -1.45. The van der Waals surface area contributed by atoms with Crippen LogP contribution in [0.5, 0.6) is 0 Å². The predicted octanol–water partition coefficient (Wildman–Crippen LogP) is 4.10. The molecule has 4 rings (SSSR count). The van der Waals surface area contributed by atoms with Crippen LogP contribution in [0.2, 0.25) is 0 Å². The summed E-state index contributed by atoms with van der Waals surface area (Å²) >= 11 is 0. The highest BCUT2D eigenvalue weighted by Crippen LogP contribution is 2.65. The van der Waals surface area contributed by atoms with Gasteiger partial charge in [0.15, 0.2) is 0 Å². The zero-order valence-corrected chi connectivity index (χ0v) is 16.1. The van der Waals surface area contributed by atoms with Crippen molar-refractivity contribution in [3.05, 3.63) is 12.2 Å². The number of alkyl halides is 6. The van der Waals surface area contributed by atoms with Crippen LogP contribution in [0.3, 0.4) is 0 Å². The molecular weight excluding hydrogens is 430 g/mol. The van der Waals surface area contributed by atoms with Crippen molar-refractivity contribution in [2.75, 3.05) is 13.2 Å². The summed E-state index contributed by atoms with van der Waals surface area (Å²) in [5, 5.41) is 0. The van der Waals surface area contributed by atoms with Crippen LogP contribution in [0.1, 0.15) is 38.5 Å². The van der Waals surface area contributed by atoms with E-state index in [1.807, 2.05) is 0 Å². The normalized spacial score (nSPS) is 34.3. The van der Waals surface area contributed by atoms with E-state index in [1.165, 1.54) is 0 Å². The Morgan fingerprint density at radius 1 is 0.966 bits per heavy atom. The molecule has 12 heteroatoms. The summed E-state index contributed by atoms with van der Waals surface area (Å²) in [6, 6.07) is 0. The van der Waals surface area contributed by atoms with Gasteiger partial charge in [-0.05, 0) is 55.8 Å². The smallest absolute Gasteiger partial charge is 0.462 e. The number of halogens is 6. The average Bonchev–Trinajstić information content (AvgIpc) is 2.54. The van der Waals surface area contributed by atoms with Crippen molar-refractivity contribution in [1.82, 2.24) is 0 Å². The average molecular weight is 450 g/mol. The minimum absolute atomic E-state index is 0.0676. The molecule has 4 aliphatic rings. The molecule has 4 aliphatic carbocycles. The van der Waals surface area contributed by atoms with E-state index < -0.39 is 50.8 Å². The molecular formula is C17H20F6O5S. The Morgan fingerprint density at radius 3 is 1.90 bits per heavy atom. The minimum Gasteiger partial charge on any atom is -0.462 e. The molecule has 5 nitrogen and oxygen atoms in total. The second-order valence-corrected chi connectivity index (χ2v) is 10.3. The minimum atomic E-state index is -5.74. The lowest BCUT2D eigenvalue weighted by Crippen LogP contribution is -2.55. The number of hydrogen-bond donors (Lipinski definition) is 0. The highest BCUT2D eigenvalue weighted by atomic mass is 32.2. The molecule has 0 N–H and O–H groups in total. The Labute approximate surface area is 163 Å². The zero-order valence-electron chi connectivity index (χ0n) is 15.2. The second-order valence-electron chi connectivity index (χ2n) is 8.68. The van der Waals surface area contributed by atoms with Crippen LogP contribution >= 0.6 is 0 Å². The van der Waals surface area contributed by atoms with Gasteiger partial charge in [0.1, 0.15) is 5.57 Å². The molecule has 2 atom stereocenters. The van der Waals surface area contributed by atoms with Gasteiger partial charge in [0.25, 0.3) is 0 Å². The van der Waals surface area contributed by atoms with Gasteiger partial charge >= 0.3 is 27.8 Å². The van der Waals surface area contributed by atoms with Crippen molar-refractivity contribution in [2.24, 2.45) is 22.7 Å². The second kappa shape index (κ2) is 6.86. The molecule has 4 saturated carbocycles. The van der Waals surface area contributed by atoms with Crippen molar-refractivity contribution in [3.8, 4) is 0 Å². The third-order valence-corrected chi connectivity index (χ3v) is 7.20. The van der Waals surface area contributed by atoms with Crippen LogP contribution < -0.4 is 0 Å². The first-order chi connectivity index (χ1) is 13.1. The fraction of sp³-hybridized carbons (Fsp3) is 0.824. The van der Waals surface area contributed by atoms with Crippen LogP contribution in [0.4, 0.5) is 26.3 Å². The molecule has 0 aromatic heterocycles. The van der Waals surface area contributed by atoms with E-state index in [-0.39, 0.29) is 24.9 Å². The monoisotopic (exact) mass is 450 g/mol. The molecule has 0 saturated heterocycles. The molecule has 0 aromatic carbocycles. The van der Waals surface area contributed by atoms with Gasteiger partial charge in [-0.15, -0.1) is 0 Å². The van der Waals surface area contributed by atoms with Gasteiger partial charge in [0.2, 0.25) is 0 Å².